The number of rotatable bonds is 4. The maximum Gasteiger partial charge on any atom is 0.135 e. The van der Waals surface area contributed by atoms with Gasteiger partial charge in [-0.15, -0.1) is 0 Å². The Bertz CT molecular complexity index is 590. The van der Waals surface area contributed by atoms with Crippen molar-refractivity contribution in [3.05, 3.63) is 45.0 Å². The van der Waals surface area contributed by atoms with Gasteiger partial charge in [0, 0.05) is 17.0 Å². The van der Waals surface area contributed by atoms with Gasteiger partial charge in [0.1, 0.15) is 22.1 Å². The fraction of sp³-hybridized carbons (Fsp3) is 0.231. The van der Waals surface area contributed by atoms with Crippen molar-refractivity contribution < 1.29 is 4.39 Å². The van der Waals surface area contributed by atoms with Crippen molar-refractivity contribution in [1.29, 1.82) is 0 Å². The summed E-state index contributed by atoms with van der Waals surface area (Å²) in [6.07, 6.45) is 1.78. The first-order chi connectivity index (χ1) is 9.08. The molecule has 0 atom stereocenters. The molecular formula is C13H12Br2FN3. The molecule has 0 radical (unpaired) electrons. The van der Waals surface area contributed by atoms with Crippen molar-refractivity contribution in [3.8, 4) is 0 Å². The summed E-state index contributed by atoms with van der Waals surface area (Å²) in [5, 5.41) is 3.08. The first-order valence-corrected chi connectivity index (χ1v) is 7.42. The maximum atomic E-state index is 13.2. The zero-order valence-electron chi connectivity index (χ0n) is 10.3. The summed E-state index contributed by atoms with van der Waals surface area (Å²) < 4.78 is 14.7. The lowest BCUT2D eigenvalue weighted by molar-refractivity contribution is 0.628. The average Bonchev–Trinajstić information content (AvgIpc) is 2.33. The molecule has 0 aliphatic rings. The molecule has 3 nitrogen and oxygen atoms in total. The van der Waals surface area contributed by atoms with E-state index < -0.39 is 0 Å². The van der Waals surface area contributed by atoms with Crippen molar-refractivity contribution in [2.24, 2.45) is 0 Å². The van der Waals surface area contributed by atoms with E-state index >= 15 is 0 Å². The molecule has 0 spiro atoms. The van der Waals surface area contributed by atoms with Gasteiger partial charge in [-0.3, -0.25) is 0 Å². The monoisotopic (exact) mass is 387 g/mol. The predicted octanol–water partition coefficient (Wildman–Crippen LogP) is 4.84. The van der Waals surface area contributed by atoms with Crippen LogP contribution < -0.4 is 5.32 Å². The third kappa shape index (κ3) is 3.98. The second kappa shape index (κ2) is 6.43. The average molecular weight is 389 g/mol. The van der Waals surface area contributed by atoms with E-state index in [2.05, 4.69) is 54.1 Å². The van der Waals surface area contributed by atoms with Crippen LogP contribution in [-0.2, 0) is 6.42 Å². The minimum absolute atomic E-state index is 0.299. The highest BCUT2D eigenvalue weighted by molar-refractivity contribution is 9.10. The molecule has 0 fully saturated rings. The number of hydrogen-bond donors (Lipinski definition) is 1. The van der Waals surface area contributed by atoms with Gasteiger partial charge in [0.15, 0.2) is 0 Å². The molecule has 1 aromatic heterocycles. The van der Waals surface area contributed by atoms with Crippen LogP contribution >= 0.6 is 31.9 Å². The van der Waals surface area contributed by atoms with Crippen LogP contribution in [-0.4, -0.2) is 9.97 Å². The fourth-order valence-corrected chi connectivity index (χ4v) is 2.36. The Balaban J connectivity index is 2.29. The Kier molecular flexibility index (Phi) is 4.87. The first kappa shape index (κ1) is 14.4. The van der Waals surface area contributed by atoms with Gasteiger partial charge in [0.2, 0.25) is 0 Å². The molecule has 0 unspecified atom stereocenters. The van der Waals surface area contributed by atoms with Crippen LogP contribution in [0.15, 0.2) is 33.3 Å². The number of aryl methyl sites for hydroxylation is 1. The minimum Gasteiger partial charge on any atom is -0.339 e. The number of hydrogen-bond acceptors (Lipinski definition) is 3. The molecule has 0 saturated carbocycles. The van der Waals surface area contributed by atoms with Gasteiger partial charge < -0.3 is 5.32 Å². The van der Waals surface area contributed by atoms with E-state index in [0.717, 1.165) is 23.1 Å². The Morgan fingerprint density at radius 1 is 1.21 bits per heavy atom. The van der Waals surface area contributed by atoms with E-state index in [-0.39, 0.29) is 5.82 Å². The molecule has 0 amide bonds. The molecule has 1 N–H and O–H groups in total. The molecule has 0 aliphatic heterocycles. The van der Waals surface area contributed by atoms with Crippen LogP contribution in [0.2, 0.25) is 0 Å². The number of benzene rings is 1. The molecule has 0 aliphatic carbocycles. The molecular weight excluding hydrogens is 377 g/mol. The number of halogens is 3. The molecule has 2 rings (SSSR count). The summed E-state index contributed by atoms with van der Waals surface area (Å²) in [5.74, 6) is 1.09. The number of anilines is 2. The predicted molar refractivity (Wildman–Crippen MR) is 81.1 cm³/mol. The smallest absolute Gasteiger partial charge is 0.135 e. The standard InChI is InChI=1S/C13H12Br2FN3/c1-2-3-12-18-11(15)7-13(19-12)17-10-6-8(16)4-5-9(10)14/h4-7H,2-3H2,1H3,(H,17,18,19). The maximum absolute atomic E-state index is 13.2. The van der Waals surface area contributed by atoms with Crippen LogP contribution in [0.5, 0.6) is 0 Å². The van der Waals surface area contributed by atoms with Crippen molar-refractivity contribution in [1.82, 2.24) is 9.97 Å². The van der Waals surface area contributed by atoms with Crippen molar-refractivity contribution in [3.63, 3.8) is 0 Å². The molecule has 100 valence electrons. The minimum atomic E-state index is -0.299. The summed E-state index contributed by atoms with van der Waals surface area (Å²) in [4.78, 5) is 8.68. The Hall–Kier alpha value is -1.01. The number of nitrogens with zero attached hydrogens (tertiary/aromatic N) is 2. The lowest BCUT2D eigenvalue weighted by atomic mass is 10.3. The SMILES string of the molecule is CCCc1nc(Br)cc(Nc2cc(F)ccc2Br)n1. The topological polar surface area (TPSA) is 37.8 Å². The molecule has 6 heteroatoms. The second-order valence-electron chi connectivity index (χ2n) is 3.99. The highest BCUT2D eigenvalue weighted by atomic mass is 79.9. The van der Waals surface area contributed by atoms with E-state index in [0.29, 0.717) is 16.1 Å². The molecule has 19 heavy (non-hydrogen) atoms. The first-order valence-electron chi connectivity index (χ1n) is 5.84. The lowest BCUT2D eigenvalue weighted by Gasteiger charge is -2.09. The summed E-state index contributed by atoms with van der Waals surface area (Å²) in [6, 6.07) is 6.23. The summed E-state index contributed by atoms with van der Waals surface area (Å²) in [6.45, 7) is 2.07. The second-order valence-corrected chi connectivity index (χ2v) is 5.66. The molecule has 1 heterocycles. The summed E-state index contributed by atoms with van der Waals surface area (Å²) >= 11 is 6.72. The van der Waals surface area contributed by atoms with Gasteiger partial charge in [-0.2, -0.15) is 0 Å². The van der Waals surface area contributed by atoms with Gasteiger partial charge in [-0.25, -0.2) is 14.4 Å². The number of nitrogens with one attached hydrogen (secondary N) is 1. The van der Waals surface area contributed by atoms with Crippen LogP contribution in [0.3, 0.4) is 0 Å². The van der Waals surface area contributed by atoms with Crippen LogP contribution in [0, 0.1) is 5.82 Å². The van der Waals surface area contributed by atoms with E-state index in [1.165, 1.54) is 12.1 Å². The summed E-state index contributed by atoms with van der Waals surface area (Å²) in [5.41, 5.74) is 0.632. The quantitative estimate of drug-likeness (QED) is 0.761. The molecule has 1 aromatic carbocycles. The molecule has 0 saturated heterocycles. The summed E-state index contributed by atoms with van der Waals surface area (Å²) in [7, 11) is 0. The highest BCUT2D eigenvalue weighted by Crippen LogP contribution is 2.26. The molecule has 0 bridgehead atoms. The lowest BCUT2D eigenvalue weighted by Crippen LogP contribution is -2.01. The van der Waals surface area contributed by atoms with E-state index in [1.807, 2.05) is 0 Å². The van der Waals surface area contributed by atoms with Gasteiger partial charge in [0.25, 0.3) is 0 Å². The normalized spacial score (nSPS) is 10.5. The molecule has 2 aromatic rings. The van der Waals surface area contributed by atoms with Crippen molar-refractivity contribution in [2.75, 3.05) is 5.32 Å². The zero-order chi connectivity index (χ0) is 13.8. The van der Waals surface area contributed by atoms with E-state index in [1.54, 1.807) is 12.1 Å². The van der Waals surface area contributed by atoms with Gasteiger partial charge in [-0.05, 0) is 56.5 Å². The Morgan fingerprint density at radius 3 is 2.74 bits per heavy atom. The van der Waals surface area contributed by atoms with Crippen molar-refractivity contribution >= 4 is 43.4 Å². The Labute approximate surface area is 127 Å². The Morgan fingerprint density at radius 2 is 2.00 bits per heavy atom. The van der Waals surface area contributed by atoms with Gasteiger partial charge >= 0.3 is 0 Å². The number of aromatic nitrogens is 2. The van der Waals surface area contributed by atoms with Crippen LogP contribution in [0.1, 0.15) is 19.2 Å². The highest BCUT2D eigenvalue weighted by Gasteiger charge is 2.06. The zero-order valence-corrected chi connectivity index (χ0v) is 13.4. The van der Waals surface area contributed by atoms with E-state index in [4.69, 9.17) is 0 Å². The fourth-order valence-electron chi connectivity index (χ4n) is 1.60. The van der Waals surface area contributed by atoms with E-state index in [9.17, 15) is 4.39 Å². The van der Waals surface area contributed by atoms with Crippen LogP contribution in [0.25, 0.3) is 0 Å². The van der Waals surface area contributed by atoms with Crippen LogP contribution in [0.4, 0.5) is 15.9 Å². The van der Waals surface area contributed by atoms with Gasteiger partial charge in [0.05, 0.1) is 5.69 Å². The third-order valence-electron chi connectivity index (χ3n) is 2.41. The van der Waals surface area contributed by atoms with Gasteiger partial charge in [-0.1, -0.05) is 6.92 Å². The largest absolute Gasteiger partial charge is 0.339 e. The third-order valence-corrected chi connectivity index (χ3v) is 3.50. The van der Waals surface area contributed by atoms with Crippen molar-refractivity contribution in [2.45, 2.75) is 19.8 Å².